The molecule has 0 fully saturated rings. The van der Waals surface area contributed by atoms with Gasteiger partial charge < -0.3 is 5.11 Å². The molecule has 0 spiro atoms. The van der Waals surface area contributed by atoms with E-state index in [1.165, 1.54) is 6.07 Å². The third-order valence-electron chi connectivity index (χ3n) is 2.15. The predicted molar refractivity (Wildman–Crippen MR) is 50.0 cm³/mol. The molecule has 0 unspecified atom stereocenters. The minimum atomic E-state index is -4.69. The summed E-state index contributed by atoms with van der Waals surface area (Å²) in [6.07, 6.45) is -4.36. The number of hydrogen-bond acceptors (Lipinski definition) is 4. The van der Waals surface area contributed by atoms with Gasteiger partial charge in [0.2, 0.25) is 0 Å². The molecule has 0 aliphatic carbocycles. The highest BCUT2D eigenvalue weighted by atomic mass is 19.4. The second kappa shape index (κ2) is 4.09. The van der Waals surface area contributed by atoms with E-state index in [0.717, 1.165) is 12.1 Å². The van der Waals surface area contributed by atoms with Crippen molar-refractivity contribution in [2.24, 2.45) is 0 Å². The highest BCUT2D eigenvalue weighted by Crippen LogP contribution is 2.25. The normalized spacial score (nSPS) is 11.5. The van der Waals surface area contributed by atoms with Gasteiger partial charge in [-0.15, -0.1) is 4.68 Å². The maximum atomic E-state index is 12.6. The summed E-state index contributed by atoms with van der Waals surface area (Å²) in [5, 5.41) is 17.3. The zero-order chi connectivity index (χ0) is 13.3. The van der Waals surface area contributed by atoms with E-state index in [1.54, 1.807) is 0 Å². The Kier molecular flexibility index (Phi) is 2.73. The molecule has 9 heteroatoms. The van der Waals surface area contributed by atoms with Gasteiger partial charge in [-0.05, 0) is 18.2 Å². The Morgan fingerprint density at radius 1 is 1.39 bits per heavy atom. The molecule has 0 aliphatic heterocycles. The van der Waals surface area contributed by atoms with Gasteiger partial charge in [0.05, 0.1) is 5.56 Å². The number of carbonyl (C=O) groups excluding carboxylic acids is 1. The number of nitrogens with one attached hydrogen (secondary N) is 1. The second-order valence-corrected chi connectivity index (χ2v) is 3.32. The van der Waals surface area contributed by atoms with Crippen LogP contribution in [0, 0.1) is 0 Å². The summed E-state index contributed by atoms with van der Waals surface area (Å²) in [5.41, 5.74) is -0.157. The van der Waals surface area contributed by atoms with E-state index in [9.17, 15) is 23.1 Å². The quantitative estimate of drug-likeness (QED) is 0.611. The summed E-state index contributed by atoms with van der Waals surface area (Å²) < 4.78 is 38.3. The highest BCUT2D eigenvalue weighted by molar-refractivity contribution is 5.79. The molecule has 6 nitrogen and oxygen atoms in total. The number of aldehydes is 1. The van der Waals surface area contributed by atoms with E-state index in [2.05, 4.69) is 10.3 Å². The van der Waals surface area contributed by atoms with Crippen molar-refractivity contribution >= 4 is 6.29 Å². The van der Waals surface area contributed by atoms with E-state index >= 15 is 0 Å². The molecule has 0 amide bonds. The Hall–Kier alpha value is -2.45. The number of rotatable bonds is 2. The van der Waals surface area contributed by atoms with Crippen molar-refractivity contribution in [3.63, 3.8) is 0 Å². The molecule has 0 saturated heterocycles. The number of carbonyl (C=O) groups is 1. The van der Waals surface area contributed by atoms with Crippen molar-refractivity contribution < 1.29 is 27.8 Å². The predicted octanol–water partition coefficient (Wildman–Crippen LogP) is 0.618. The Morgan fingerprint density at radius 2 is 2.11 bits per heavy atom. The smallest absolute Gasteiger partial charge is 0.488 e. The number of H-pyrrole nitrogens is 1. The molecule has 0 bridgehead atoms. The number of phenols is 1. The van der Waals surface area contributed by atoms with Crippen molar-refractivity contribution in [2.45, 2.75) is 6.18 Å². The minimum Gasteiger partial charge on any atom is -0.507 e. The molecule has 18 heavy (non-hydrogen) atoms. The van der Waals surface area contributed by atoms with Gasteiger partial charge in [0.1, 0.15) is 16.5 Å². The van der Waals surface area contributed by atoms with Crippen LogP contribution in [0.15, 0.2) is 18.2 Å². The number of benzene rings is 1. The van der Waals surface area contributed by atoms with Gasteiger partial charge in [-0.2, -0.15) is 13.2 Å². The number of aromatic amines is 1. The van der Waals surface area contributed by atoms with Gasteiger partial charge in [-0.1, -0.05) is 5.21 Å². The maximum absolute atomic E-state index is 12.6. The summed E-state index contributed by atoms with van der Waals surface area (Å²) in [6, 6.07) is 3.38. The lowest BCUT2D eigenvalue weighted by molar-refractivity contribution is -0.680. The minimum absolute atomic E-state index is 0.0211. The Morgan fingerprint density at radius 3 is 2.72 bits per heavy atom. The van der Waals surface area contributed by atoms with Crippen LogP contribution >= 0.6 is 0 Å². The average Bonchev–Trinajstić information content (AvgIpc) is 2.78. The van der Waals surface area contributed by atoms with Gasteiger partial charge in [0.15, 0.2) is 11.5 Å². The number of aromatic nitrogens is 4. The van der Waals surface area contributed by atoms with Gasteiger partial charge in [0.25, 0.3) is 0 Å². The zero-order valence-electron chi connectivity index (χ0n) is 8.64. The van der Waals surface area contributed by atoms with Gasteiger partial charge in [-0.3, -0.25) is 4.79 Å². The van der Waals surface area contributed by atoms with E-state index in [-0.39, 0.29) is 17.0 Å². The molecule has 0 saturated carbocycles. The Bertz CT molecular complexity index is 594. The molecule has 2 rings (SSSR count). The number of phenolic OH excluding ortho intramolecular Hbond substituents is 1. The lowest BCUT2D eigenvalue weighted by Crippen LogP contribution is -2.41. The van der Waals surface area contributed by atoms with Crippen LogP contribution in [-0.2, 0) is 6.18 Å². The van der Waals surface area contributed by atoms with E-state index < -0.39 is 12.0 Å². The van der Waals surface area contributed by atoms with Crippen LogP contribution in [0.25, 0.3) is 5.69 Å². The SMILES string of the molecule is O=Cc1cc(-[n+]2[nH]nnc2C(F)(F)F)ccc1O. The lowest BCUT2D eigenvalue weighted by atomic mass is 10.2. The highest BCUT2D eigenvalue weighted by Gasteiger charge is 2.45. The maximum Gasteiger partial charge on any atom is 0.488 e. The topological polar surface area (TPSA) is 82.8 Å². The largest absolute Gasteiger partial charge is 0.507 e. The van der Waals surface area contributed by atoms with E-state index in [1.807, 2.05) is 5.21 Å². The van der Waals surface area contributed by atoms with Crippen molar-refractivity contribution in [3.05, 3.63) is 29.6 Å². The summed E-state index contributed by atoms with van der Waals surface area (Å²) in [6.45, 7) is 0. The zero-order valence-corrected chi connectivity index (χ0v) is 8.64. The Labute approximate surface area is 97.7 Å². The van der Waals surface area contributed by atoms with Crippen LogP contribution in [0.3, 0.4) is 0 Å². The van der Waals surface area contributed by atoms with Crippen LogP contribution in [0.1, 0.15) is 16.2 Å². The van der Waals surface area contributed by atoms with Crippen molar-refractivity contribution in [2.75, 3.05) is 0 Å². The van der Waals surface area contributed by atoms with Gasteiger partial charge in [0, 0.05) is 0 Å². The Balaban J connectivity index is 2.56. The standard InChI is InChI=1S/C9H5F3N4O2/c10-9(11,12)8-13-14-15-16(8)6-1-2-7(18)5(3-6)4-17/h1-4H,(H,17,18)/p+1. The lowest BCUT2D eigenvalue weighted by Gasteiger charge is -2.03. The van der Waals surface area contributed by atoms with Crippen LogP contribution in [-0.4, -0.2) is 26.9 Å². The summed E-state index contributed by atoms with van der Waals surface area (Å²) in [5.74, 6) is -1.58. The first-order valence-corrected chi connectivity index (χ1v) is 4.62. The number of aromatic hydroxyl groups is 1. The third kappa shape index (κ3) is 2.01. The van der Waals surface area contributed by atoms with Crippen LogP contribution in [0.2, 0.25) is 0 Å². The molecule has 1 aromatic carbocycles. The fourth-order valence-corrected chi connectivity index (χ4v) is 1.35. The summed E-state index contributed by atoms with van der Waals surface area (Å²) in [4.78, 5) is 10.6. The van der Waals surface area contributed by atoms with Crippen LogP contribution < -0.4 is 4.68 Å². The number of tetrazole rings is 1. The van der Waals surface area contributed by atoms with Gasteiger partial charge >= 0.3 is 12.0 Å². The molecule has 0 atom stereocenters. The third-order valence-corrected chi connectivity index (χ3v) is 2.15. The van der Waals surface area contributed by atoms with Crippen molar-refractivity contribution in [1.29, 1.82) is 0 Å². The number of alkyl halides is 3. The second-order valence-electron chi connectivity index (χ2n) is 3.32. The van der Waals surface area contributed by atoms with Gasteiger partial charge in [-0.25, -0.2) is 0 Å². The number of nitrogens with zero attached hydrogens (tertiary/aromatic N) is 3. The molecule has 0 radical (unpaired) electrons. The first-order valence-electron chi connectivity index (χ1n) is 4.62. The summed E-state index contributed by atoms with van der Waals surface area (Å²) in [7, 11) is 0. The molecule has 0 aliphatic rings. The monoisotopic (exact) mass is 259 g/mol. The van der Waals surface area contributed by atoms with Crippen molar-refractivity contribution in [3.8, 4) is 11.4 Å². The molecule has 2 N–H and O–H groups in total. The number of hydrogen-bond donors (Lipinski definition) is 2. The number of halogens is 3. The van der Waals surface area contributed by atoms with Crippen LogP contribution in [0.5, 0.6) is 5.75 Å². The van der Waals surface area contributed by atoms with Crippen molar-refractivity contribution in [1.82, 2.24) is 15.5 Å². The molecule has 94 valence electrons. The molecule has 1 heterocycles. The van der Waals surface area contributed by atoms with E-state index in [0.29, 0.717) is 11.0 Å². The molecule has 1 aromatic heterocycles. The fourth-order valence-electron chi connectivity index (χ4n) is 1.35. The first kappa shape index (κ1) is 12.0. The average molecular weight is 259 g/mol. The fraction of sp³-hybridized carbons (Fsp3) is 0.111. The molecular weight excluding hydrogens is 253 g/mol. The molecular formula is C9H6F3N4O2+. The molecule has 2 aromatic rings. The summed E-state index contributed by atoms with van der Waals surface area (Å²) >= 11 is 0. The van der Waals surface area contributed by atoms with E-state index in [4.69, 9.17) is 0 Å². The first-order chi connectivity index (χ1) is 8.43. The van der Waals surface area contributed by atoms with Crippen LogP contribution in [0.4, 0.5) is 13.2 Å².